The second-order valence-electron chi connectivity index (χ2n) is 5.71. The van der Waals surface area contributed by atoms with Gasteiger partial charge in [-0.15, -0.1) is 0 Å². The van der Waals surface area contributed by atoms with Gasteiger partial charge >= 0.3 is 0 Å². The first-order chi connectivity index (χ1) is 9.06. The number of nitrogens with one attached hydrogen (secondary N) is 1. The Labute approximate surface area is 117 Å². The van der Waals surface area contributed by atoms with Crippen LogP contribution in [0.5, 0.6) is 0 Å². The van der Waals surface area contributed by atoms with Crippen molar-refractivity contribution >= 4 is 0 Å². The molecule has 0 amide bonds. The van der Waals surface area contributed by atoms with Gasteiger partial charge in [-0.2, -0.15) is 5.10 Å². The van der Waals surface area contributed by atoms with Gasteiger partial charge in [-0.1, -0.05) is 6.92 Å². The van der Waals surface area contributed by atoms with Crippen LogP contribution in [0.3, 0.4) is 0 Å². The molecule has 1 N–H and O–H groups in total. The molecule has 2 unspecified atom stereocenters. The second-order valence-corrected chi connectivity index (χ2v) is 5.71. The summed E-state index contributed by atoms with van der Waals surface area (Å²) in [6, 6.07) is 1.11. The number of rotatable bonds is 4. The summed E-state index contributed by atoms with van der Waals surface area (Å²) >= 11 is 0. The molecule has 1 aliphatic rings. The molecule has 2 heterocycles. The molecule has 1 aromatic rings. The van der Waals surface area contributed by atoms with Crippen molar-refractivity contribution in [3.8, 4) is 0 Å². The summed E-state index contributed by atoms with van der Waals surface area (Å²) in [5, 5.41) is 8.10. The number of hydrogen-bond acceptors (Lipinski definition) is 3. The van der Waals surface area contributed by atoms with Crippen molar-refractivity contribution in [3.05, 3.63) is 17.0 Å². The van der Waals surface area contributed by atoms with Crippen LogP contribution in [-0.2, 0) is 7.05 Å². The molecule has 4 heteroatoms. The first kappa shape index (κ1) is 14.5. The Bertz CT molecular complexity index is 418. The van der Waals surface area contributed by atoms with E-state index in [1.807, 2.05) is 11.7 Å². The predicted octanol–water partition coefficient (Wildman–Crippen LogP) is 2.17. The number of likely N-dealkylation sites (N-methyl/N-ethyl adjacent to an activating group) is 1. The fourth-order valence-electron chi connectivity index (χ4n) is 3.53. The lowest BCUT2D eigenvalue weighted by Gasteiger charge is -2.38. The van der Waals surface area contributed by atoms with Gasteiger partial charge < -0.3 is 5.32 Å². The summed E-state index contributed by atoms with van der Waals surface area (Å²) < 4.78 is 2.01. The van der Waals surface area contributed by atoms with Crippen LogP contribution in [0.1, 0.15) is 49.7 Å². The largest absolute Gasteiger partial charge is 0.315 e. The first-order valence-electron chi connectivity index (χ1n) is 7.52. The van der Waals surface area contributed by atoms with Gasteiger partial charge in [0.1, 0.15) is 0 Å². The lowest BCUT2D eigenvalue weighted by Crippen LogP contribution is -2.47. The van der Waals surface area contributed by atoms with Crippen molar-refractivity contribution in [2.75, 3.05) is 19.6 Å². The van der Waals surface area contributed by atoms with Gasteiger partial charge in [0.05, 0.1) is 5.69 Å². The molecule has 1 fully saturated rings. The number of aromatic nitrogens is 2. The highest BCUT2D eigenvalue weighted by molar-refractivity contribution is 5.28. The van der Waals surface area contributed by atoms with Crippen molar-refractivity contribution in [2.45, 2.75) is 52.6 Å². The van der Waals surface area contributed by atoms with E-state index in [4.69, 9.17) is 0 Å². The van der Waals surface area contributed by atoms with Crippen molar-refractivity contribution in [1.29, 1.82) is 0 Å². The maximum atomic E-state index is 4.57. The van der Waals surface area contributed by atoms with Crippen molar-refractivity contribution in [3.63, 3.8) is 0 Å². The average Bonchev–Trinajstić information content (AvgIpc) is 2.65. The predicted molar refractivity (Wildman–Crippen MR) is 79.4 cm³/mol. The molecule has 2 rings (SSSR count). The molecule has 1 aromatic heterocycles. The van der Waals surface area contributed by atoms with Crippen molar-refractivity contribution in [1.82, 2.24) is 20.0 Å². The Morgan fingerprint density at radius 3 is 2.68 bits per heavy atom. The minimum absolute atomic E-state index is 0.448. The van der Waals surface area contributed by atoms with Crippen LogP contribution < -0.4 is 5.32 Å². The molecule has 0 radical (unpaired) electrons. The monoisotopic (exact) mass is 264 g/mol. The molecule has 0 aromatic carbocycles. The Morgan fingerprint density at radius 1 is 1.47 bits per heavy atom. The van der Waals surface area contributed by atoms with E-state index in [1.165, 1.54) is 36.3 Å². The molecule has 108 valence electrons. The lowest BCUT2D eigenvalue weighted by atomic mass is 9.99. The van der Waals surface area contributed by atoms with E-state index < -0.39 is 0 Å². The quantitative estimate of drug-likeness (QED) is 0.905. The topological polar surface area (TPSA) is 33.1 Å². The summed E-state index contributed by atoms with van der Waals surface area (Å²) in [4.78, 5) is 2.63. The fourth-order valence-corrected chi connectivity index (χ4v) is 3.53. The SMILES string of the molecule is CCN(C1CCCNC1)C(C)c1c(C)nn(C)c1C. The van der Waals surface area contributed by atoms with Crippen LogP contribution in [0.4, 0.5) is 0 Å². The Hall–Kier alpha value is -0.870. The van der Waals surface area contributed by atoms with Gasteiger partial charge in [-0.25, -0.2) is 0 Å². The lowest BCUT2D eigenvalue weighted by molar-refractivity contribution is 0.127. The van der Waals surface area contributed by atoms with Gasteiger partial charge in [0.15, 0.2) is 0 Å². The Balaban J connectivity index is 2.22. The van der Waals surface area contributed by atoms with E-state index in [9.17, 15) is 0 Å². The van der Waals surface area contributed by atoms with E-state index in [2.05, 4.69) is 43.0 Å². The first-order valence-corrected chi connectivity index (χ1v) is 7.52. The molecule has 1 saturated heterocycles. The minimum Gasteiger partial charge on any atom is -0.315 e. The molecule has 2 atom stereocenters. The van der Waals surface area contributed by atoms with Crippen molar-refractivity contribution in [2.24, 2.45) is 7.05 Å². The van der Waals surface area contributed by atoms with E-state index in [0.717, 1.165) is 13.1 Å². The molecule has 0 spiro atoms. The molecular weight excluding hydrogens is 236 g/mol. The fraction of sp³-hybridized carbons (Fsp3) is 0.800. The van der Waals surface area contributed by atoms with E-state index in [-0.39, 0.29) is 0 Å². The standard InChI is InChI=1S/C15H28N4/c1-6-19(14-8-7-9-16-10-14)13(4)15-11(2)17-18(5)12(15)3/h13-14,16H,6-10H2,1-5H3. The number of nitrogens with zero attached hydrogens (tertiary/aromatic N) is 3. The average molecular weight is 264 g/mol. The van der Waals surface area contributed by atoms with E-state index in [1.54, 1.807) is 0 Å². The highest BCUT2D eigenvalue weighted by Gasteiger charge is 2.27. The normalized spacial score (nSPS) is 21.9. The molecular formula is C15H28N4. The summed E-state index contributed by atoms with van der Waals surface area (Å²) in [7, 11) is 2.04. The van der Waals surface area contributed by atoms with Crippen LogP contribution in [0.2, 0.25) is 0 Å². The molecule has 19 heavy (non-hydrogen) atoms. The van der Waals surface area contributed by atoms with Crippen LogP contribution in [-0.4, -0.2) is 40.4 Å². The second kappa shape index (κ2) is 6.06. The number of piperidine rings is 1. The highest BCUT2D eigenvalue weighted by atomic mass is 15.3. The van der Waals surface area contributed by atoms with Crippen molar-refractivity contribution < 1.29 is 0 Å². The number of aryl methyl sites for hydroxylation is 2. The smallest absolute Gasteiger partial charge is 0.0644 e. The van der Waals surface area contributed by atoms with Crippen LogP contribution in [0, 0.1) is 13.8 Å². The summed E-state index contributed by atoms with van der Waals surface area (Å²) in [6.45, 7) is 12.3. The van der Waals surface area contributed by atoms with Crippen LogP contribution >= 0.6 is 0 Å². The van der Waals surface area contributed by atoms with Gasteiger partial charge in [0.25, 0.3) is 0 Å². The Kier molecular flexibility index (Phi) is 4.63. The summed E-state index contributed by atoms with van der Waals surface area (Å²) in [5.74, 6) is 0. The third kappa shape index (κ3) is 2.84. The molecule has 0 aliphatic carbocycles. The number of hydrogen-bond donors (Lipinski definition) is 1. The zero-order valence-corrected chi connectivity index (χ0v) is 13.0. The van der Waals surface area contributed by atoms with E-state index >= 15 is 0 Å². The third-order valence-electron chi connectivity index (χ3n) is 4.59. The van der Waals surface area contributed by atoms with Gasteiger partial charge in [-0.3, -0.25) is 9.58 Å². The highest BCUT2D eigenvalue weighted by Crippen LogP contribution is 2.29. The maximum absolute atomic E-state index is 4.57. The van der Waals surface area contributed by atoms with Crippen LogP contribution in [0.25, 0.3) is 0 Å². The zero-order valence-electron chi connectivity index (χ0n) is 13.0. The van der Waals surface area contributed by atoms with E-state index in [0.29, 0.717) is 12.1 Å². The van der Waals surface area contributed by atoms with Gasteiger partial charge in [0, 0.05) is 36.9 Å². The molecule has 0 bridgehead atoms. The minimum atomic E-state index is 0.448. The maximum Gasteiger partial charge on any atom is 0.0644 e. The summed E-state index contributed by atoms with van der Waals surface area (Å²) in [6.07, 6.45) is 2.60. The van der Waals surface area contributed by atoms with Gasteiger partial charge in [-0.05, 0) is 46.7 Å². The molecule has 0 saturated carbocycles. The Morgan fingerprint density at radius 2 is 2.21 bits per heavy atom. The van der Waals surface area contributed by atoms with Crippen LogP contribution in [0.15, 0.2) is 0 Å². The molecule has 1 aliphatic heterocycles. The summed E-state index contributed by atoms with van der Waals surface area (Å²) in [5.41, 5.74) is 3.89. The third-order valence-corrected chi connectivity index (χ3v) is 4.59. The molecule has 4 nitrogen and oxygen atoms in total. The van der Waals surface area contributed by atoms with Gasteiger partial charge in [0.2, 0.25) is 0 Å². The zero-order chi connectivity index (χ0) is 14.0.